The van der Waals surface area contributed by atoms with Gasteiger partial charge in [0.1, 0.15) is 29.5 Å². The van der Waals surface area contributed by atoms with Gasteiger partial charge in [0.15, 0.2) is 5.11 Å². The molecule has 10 heteroatoms. The lowest BCUT2D eigenvalue weighted by Gasteiger charge is -2.28. The van der Waals surface area contributed by atoms with Crippen molar-refractivity contribution in [1.29, 1.82) is 0 Å². The molecule has 0 atom stereocenters. The molecule has 3 aromatic rings. The van der Waals surface area contributed by atoms with E-state index >= 15 is 0 Å². The van der Waals surface area contributed by atoms with Crippen molar-refractivity contribution in [3.8, 4) is 11.5 Å². The molecule has 0 spiro atoms. The number of thiocarbonyl (C=S) groups is 1. The molecule has 0 bridgehead atoms. The van der Waals surface area contributed by atoms with Crippen LogP contribution in [0.3, 0.4) is 0 Å². The zero-order valence-electron chi connectivity index (χ0n) is 19.9. The standard InChI is InChI=1S/C27H22FN3O5S/c1-16(32)29-20-7-9-22(10-8-20)36-15-18-12-17(6-11-24(18)35-2)13-23-25(33)30-27(37)31(26(23)34)21-5-3-4-19(28)14-21/h3-14H,15H2,1-2H3,(H,29,32)(H,30,33,37)/b23-13-. The van der Waals surface area contributed by atoms with Crippen molar-refractivity contribution in [2.75, 3.05) is 17.3 Å². The monoisotopic (exact) mass is 519 g/mol. The molecule has 0 radical (unpaired) electrons. The number of nitrogens with one attached hydrogen (secondary N) is 2. The molecule has 3 amide bonds. The van der Waals surface area contributed by atoms with Crippen molar-refractivity contribution in [1.82, 2.24) is 5.32 Å². The molecular formula is C27H22FN3O5S. The number of ether oxygens (including phenoxy) is 2. The van der Waals surface area contributed by atoms with Crippen LogP contribution in [0.5, 0.6) is 11.5 Å². The normalized spacial score (nSPS) is 14.4. The first-order chi connectivity index (χ1) is 17.7. The number of rotatable bonds is 7. The average molecular weight is 520 g/mol. The smallest absolute Gasteiger partial charge is 0.270 e. The summed E-state index contributed by atoms with van der Waals surface area (Å²) in [6.07, 6.45) is 1.43. The fourth-order valence-electron chi connectivity index (χ4n) is 3.67. The number of carbonyl (C=O) groups is 3. The largest absolute Gasteiger partial charge is 0.496 e. The predicted octanol–water partition coefficient (Wildman–Crippen LogP) is 4.20. The highest BCUT2D eigenvalue weighted by Gasteiger charge is 2.34. The summed E-state index contributed by atoms with van der Waals surface area (Å²) >= 11 is 5.16. The quantitative estimate of drug-likeness (QED) is 0.276. The highest BCUT2D eigenvalue weighted by atomic mass is 32.1. The summed E-state index contributed by atoms with van der Waals surface area (Å²) in [6, 6.07) is 17.4. The summed E-state index contributed by atoms with van der Waals surface area (Å²) in [5, 5.41) is 5.03. The third-order valence-corrected chi connectivity index (χ3v) is 5.64. The Balaban J connectivity index is 1.57. The Morgan fingerprint density at radius 1 is 1.11 bits per heavy atom. The van der Waals surface area contributed by atoms with E-state index in [0.29, 0.717) is 28.3 Å². The van der Waals surface area contributed by atoms with Gasteiger partial charge in [0, 0.05) is 18.2 Å². The van der Waals surface area contributed by atoms with Crippen LogP contribution < -0.4 is 25.0 Å². The van der Waals surface area contributed by atoms with Crippen LogP contribution >= 0.6 is 12.2 Å². The molecule has 37 heavy (non-hydrogen) atoms. The number of halogens is 1. The maximum absolute atomic E-state index is 13.8. The van der Waals surface area contributed by atoms with Gasteiger partial charge in [-0.15, -0.1) is 0 Å². The SMILES string of the molecule is COc1ccc(/C=C2/C(=O)NC(=S)N(c3cccc(F)c3)C2=O)cc1COc1ccc(NC(C)=O)cc1. The second kappa shape index (κ2) is 11.0. The van der Waals surface area contributed by atoms with Gasteiger partial charge in [0.2, 0.25) is 5.91 Å². The Bertz CT molecular complexity index is 1420. The number of carbonyl (C=O) groups excluding carboxylic acids is 3. The molecule has 188 valence electrons. The summed E-state index contributed by atoms with van der Waals surface area (Å²) in [7, 11) is 1.52. The molecule has 8 nitrogen and oxygen atoms in total. The van der Waals surface area contributed by atoms with Gasteiger partial charge < -0.3 is 14.8 Å². The number of benzene rings is 3. The van der Waals surface area contributed by atoms with Gasteiger partial charge in [-0.3, -0.25) is 24.6 Å². The van der Waals surface area contributed by atoms with Crippen LogP contribution in [0.4, 0.5) is 15.8 Å². The van der Waals surface area contributed by atoms with Crippen molar-refractivity contribution >= 4 is 52.5 Å². The van der Waals surface area contributed by atoms with Crippen LogP contribution in [-0.2, 0) is 21.0 Å². The Hall–Kier alpha value is -4.57. The second-order valence-corrected chi connectivity index (χ2v) is 8.39. The van der Waals surface area contributed by atoms with Crippen LogP contribution in [0.1, 0.15) is 18.1 Å². The van der Waals surface area contributed by atoms with E-state index in [0.717, 1.165) is 11.0 Å². The van der Waals surface area contributed by atoms with Gasteiger partial charge in [0.05, 0.1) is 12.8 Å². The van der Waals surface area contributed by atoms with Crippen LogP contribution in [0.2, 0.25) is 0 Å². The minimum atomic E-state index is -0.674. The van der Waals surface area contributed by atoms with E-state index in [-0.39, 0.29) is 28.9 Å². The van der Waals surface area contributed by atoms with Crippen molar-refractivity contribution in [3.63, 3.8) is 0 Å². The lowest BCUT2D eigenvalue weighted by molar-refractivity contribution is -0.122. The third-order valence-electron chi connectivity index (χ3n) is 5.35. The zero-order chi connectivity index (χ0) is 26.5. The molecule has 0 aliphatic carbocycles. The third kappa shape index (κ3) is 5.99. The molecule has 0 saturated carbocycles. The van der Waals surface area contributed by atoms with Gasteiger partial charge in [0.25, 0.3) is 11.8 Å². The molecule has 2 N–H and O–H groups in total. The molecule has 4 rings (SSSR count). The predicted molar refractivity (Wildman–Crippen MR) is 141 cm³/mol. The van der Waals surface area contributed by atoms with Crippen molar-refractivity contribution < 1.29 is 28.2 Å². The second-order valence-electron chi connectivity index (χ2n) is 8.00. The molecule has 3 aromatic carbocycles. The Labute approximate surface area is 217 Å². The van der Waals surface area contributed by atoms with Gasteiger partial charge in [-0.25, -0.2) is 4.39 Å². The van der Waals surface area contributed by atoms with Gasteiger partial charge in [-0.05, 0) is 78.5 Å². The van der Waals surface area contributed by atoms with E-state index in [1.54, 1.807) is 42.5 Å². The number of amides is 3. The summed E-state index contributed by atoms with van der Waals surface area (Å²) in [5.41, 5.74) is 1.90. The number of hydrogen-bond donors (Lipinski definition) is 2. The molecule has 1 saturated heterocycles. The lowest BCUT2D eigenvalue weighted by Crippen LogP contribution is -2.54. The summed E-state index contributed by atoms with van der Waals surface area (Å²) in [4.78, 5) is 38.1. The van der Waals surface area contributed by atoms with Crippen molar-refractivity contribution in [2.24, 2.45) is 0 Å². The van der Waals surface area contributed by atoms with Crippen molar-refractivity contribution in [2.45, 2.75) is 13.5 Å². The fourth-order valence-corrected chi connectivity index (χ4v) is 3.95. The first-order valence-corrected chi connectivity index (χ1v) is 11.5. The van der Waals surface area contributed by atoms with Crippen LogP contribution in [-0.4, -0.2) is 29.9 Å². The van der Waals surface area contributed by atoms with E-state index in [4.69, 9.17) is 21.7 Å². The minimum absolute atomic E-state index is 0.133. The van der Waals surface area contributed by atoms with Gasteiger partial charge >= 0.3 is 0 Å². The molecular weight excluding hydrogens is 497 g/mol. The fraction of sp³-hybridized carbons (Fsp3) is 0.111. The summed E-state index contributed by atoms with van der Waals surface area (Å²) in [5.74, 6) is -0.918. The van der Waals surface area contributed by atoms with Crippen LogP contribution in [0.15, 0.2) is 72.3 Å². The maximum Gasteiger partial charge on any atom is 0.270 e. The van der Waals surface area contributed by atoms with E-state index in [1.807, 2.05) is 0 Å². The molecule has 1 fully saturated rings. The van der Waals surface area contributed by atoms with Crippen molar-refractivity contribution in [3.05, 3.63) is 89.2 Å². The highest BCUT2D eigenvalue weighted by Crippen LogP contribution is 2.26. The van der Waals surface area contributed by atoms with Crippen LogP contribution in [0.25, 0.3) is 6.08 Å². The number of anilines is 2. The topological polar surface area (TPSA) is 97.0 Å². The van der Waals surface area contributed by atoms with E-state index in [1.165, 1.54) is 38.3 Å². The minimum Gasteiger partial charge on any atom is -0.496 e. The average Bonchev–Trinajstić information content (AvgIpc) is 2.86. The summed E-state index contributed by atoms with van der Waals surface area (Å²) in [6.45, 7) is 1.57. The number of nitrogens with zero attached hydrogens (tertiary/aromatic N) is 1. The Kier molecular flexibility index (Phi) is 7.59. The molecule has 0 unspecified atom stereocenters. The lowest BCUT2D eigenvalue weighted by atomic mass is 10.0. The molecule has 0 aromatic heterocycles. The first-order valence-electron chi connectivity index (χ1n) is 11.1. The van der Waals surface area contributed by atoms with E-state index < -0.39 is 17.6 Å². The zero-order valence-corrected chi connectivity index (χ0v) is 20.7. The molecule has 1 aliphatic rings. The Morgan fingerprint density at radius 2 is 1.86 bits per heavy atom. The van der Waals surface area contributed by atoms with Gasteiger partial charge in [-0.2, -0.15) is 0 Å². The maximum atomic E-state index is 13.8. The first kappa shape index (κ1) is 25.5. The van der Waals surface area contributed by atoms with Gasteiger partial charge in [-0.1, -0.05) is 12.1 Å². The number of methoxy groups -OCH3 is 1. The Morgan fingerprint density at radius 3 is 2.54 bits per heavy atom. The summed E-state index contributed by atoms with van der Waals surface area (Å²) < 4.78 is 25.0. The molecule has 1 heterocycles. The van der Waals surface area contributed by atoms with Crippen LogP contribution in [0, 0.1) is 5.82 Å². The molecule has 1 aliphatic heterocycles. The highest BCUT2D eigenvalue weighted by molar-refractivity contribution is 7.80. The van der Waals surface area contributed by atoms with E-state index in [2.05, 4.69) is 10.6 Å². The number of hydrogen-bond acceptors (Lipinski definition) is 6. The van der Waals surface area contributed by atoms with E-state index in [9.17, 15) is 18.8 Å².